The van der Waals surface area contributed by atoms with Crippen molar-refractivity contribution >= 4 is 11.5 Å². The lowest BCUT2D eigenvalue weighted by Gasteiger charge is -2.05. The lowest BCUT2D eigenvalue weighted by Crippen LogP contribution is -2.17. The van der Waals surface area contributed by atoms with Gasteiger partial charge in [0.25, 0.3) is 11.3 Å². The molecule has 2 heterocycles. The average Bonchev–Trinajstić information content (AvgIpc) is 3.12. The molecule has 4 rings (SSSR count). The van der Waals surface area contributed by atoms with Crippen molar-refractivity contribution in [2.24, 2.45) is 0 Å². The Morgan fingerprint density at radius 1 is 1.17 bits per heavy atom. The molecular formula is C21H18FN5O2. The zero-order chi connectivity index (χ0) is 20.4. The number of ether oxygens (including phenoxy) is 1. The molecule has 7 nitrogen and oxygen atoms in total. The molecule has 0 aliphatic carbocycles. The van der Waals surface area contributed by atoms with Gasteiger partial charge in [-0.2, -0.15) is 9.50 Å². The monoisotopic (exact) mass is 391 g/mol. The van der Waals surface area contributed by atoms with Gasteiger partial charge in [0.15, 0.2) is 5.82 Å². The summed E-state index contributed by atoms with van der Waals surface area (Å²) < 4.78 is 19.7. The summed E-state index contributed by atoms with van der Waals surface area (Å²) in [5.74, 6) is 1.74. The van der Waals surface area contributed by atoms with E-state index >= 15 is 0 Å². The average molecular weight is 391 g/mol. The minimum Gasteiger partial charge on any atom is -0.463 e. The number of fused-ring (bicyclic) bond motifs is 1. The first-order valence-electron chi connectivity index (χ1n) is 8.90. The molecule has 2 aromatic carbocycles. The summed E-state index contributed by atoms with van der Waals surface area (Å²) in [6.07, 6.45) is 0. The van der Waals surface area contributed by atoms with Gasteiger partial charge in [-0.3, -0.25) is 9.89 Å². The van der Waals surface area contributed by atoms with E-state index in [1.807, 2.05) is 12.1 Å². The summed E-state index contributed by atoms with van der Waals surface area (Å²) in [5, 5.41) is 6.06. The number of nitrogens with zero attached hydrogens (tertiary/aromatic N) is 3. The van der Waals surface area contributed by atoms with Crippen molar-refractivity contribution in [2.75, 3.05) is 5.32 Å². The minimum absolute atomic E-state index is 0.269. The molecule has 0 unspecified atom stereocenters. The molecular weight excluding hydrogens is 373 g/mol. The fraction of sp³-hybridized carbons (Fsp3) is 0.0952. The molecule has 4 aromatic rings. The summed E-state index contributed by atoms with van der Waals surface area (Å²) in [6.45, 7) is 5.79. The third kappa shape index (κ3) is 4.16. The van der Waals surface area contributed by atoms with Gasteiger partial charge in [-0.25, -0.2) is 9.37 Å². The Hall–Kier alpha value is -3.94. The number of anilines is 1. The molecule has 0 saturated carbocycles. The Balaban J connectivity index is 1.57. The van der Waals surface area contributed by atoms with E-state index < -0.39 is 0 Å². The van der Waals surface area contributed by atoms with Crippen LogP contribution < -0.4 is 15.6 Å². The summed E-state index contributed by atoms with van der Waals surface area (Å²) in [4.78, 5) is 21.3. The number of halogens is 1. The lowest BCUT2D eigenvalue weighted by molar-refractivity contribution is 0.430. The molecule has 0 aliphatic heterocycles. The highest BCUT2D eigenvalue weighted by molar-refractivity contribution is 5.58. The molecule has 0 amide bonds. The van der Waals surface area contributed by atoms with Crippen LogP contribution in [0.3, 0.4) is 0 Å². The first kappa shape index (κ1) is 18.4. The van der Waals surface area contributed by atoms with Crippen LogP contribution in [-0.4, -0.2) is 19.6 Å². The number of nitrogens with one attached hydrogen (secondary N) is 2. The lowest BCUT2D eigenvalue weighted by atomic mass is 10.2. The van der Waals surface area contributed by atoms with Gasteiger partial charge in [-0.15, -0.1) is 0 Å². The zero-order valence-electron chi connectivity index (χ0n) is 15.6. The van der Waals surface area contributed by atoms with Crippen LogP contribution in [0.1, 0.15) is 12.6 Å². The molecule has 8 heteroatoms. The van der Waals surface area contributed by atoms with Crippen LogP contribution >= 0.6 is 0 Å². The van der Waals surface area contributed by atoms with Crippen LogP contribution in [0.2, 0.25) is 0 Å². The number of hydrogen-bond donors (Lipinski definition) is 2. The molecule has 146 valence electrons. The number of rotatable bonds is 6. The van der Waals surface area contributed by atoms with E-state index in [0.29, 0.717) is 29.6 Å². The maximum atomic E-state index is 13.0. The van der Waals surface area contributed by atoms with Gasteiger partial charge in [0, 0.05) is 17.3 Å². The van der Waals surface area contributed by atoms with E-state index in [4.69, 9.17) is 4.74 Å². The van der Waals surface area contributed by atoms with Crippen molar-refractivity contribution in [2.45, 2.75) is 13.5 Å². The standard InChI is InChI=1S/C21H18FN5O2/c1-13(2)29-18-9-3-14(4-10-18)20-25-21-24-17(11-19(28)27(21)26-20)12-23-16-7-5-15(22)6-8-16/h3-11,23H,1,12H2,2H3,(H,24,25,26). The first-order valence-corrected chi connectivity index (χ1v) is 8.90. The smallest absolute Gasteiger partial charge is 0.274 e. The Labute approximate surface area is 165 Å². The predicted octanol–water partition coefficient (Wildman–Crippen LogP) is 3.75. The van der Waals surface area contributed by atoms with E-state index in [1.54, 1.807) is 31.2 Å². The first-order chi connectivity index (χ1) is 14.0. The molecule has 29 heavy (non-hydrogen) atoms. The van der Waals surface area contributed by atoms with Gasteiger partial charge < -0.3 is 10.1 Å². The minimum atomic E-state index is -0.309. The van der Waals surface area contributed by atoms with Crippen molar-refractivity contribution in [3.05, 3.63) is 88.8 Å². The van der Waals surface area contributed by atoms with Crippen LogP contribution in [0.5, 0.6) is 5.75 Å². The number of aromatic nitrogens is 4. The van der Waals surface area contributed by atoms with Gasteiger partial charge in [0.1, 0.15) is 11.6 Å². The maximum Gasteiger partial charge on any atom is 0.274 e. The molecule has 0 bridgehead atoms. The Morgan fingerprint density at radius 2 is 1.90 bits per heavy atom. The number of benzene rings is 2. The molecule has 0 spiro atoms. The second-order valence-electron chi connectivity index (χ2n) is 6.48. The predicted molar refractivity (Wildman–Crippen MR) is 108 cm³/mol. The van der Waals surface area contributed by atoms with Gasteiger partial charge in [-0.1, -0.05) is 6.58 Å². The highest BCUT2D eigenvalue weighted by atomic mass is 19.1. The van der Waals surface area contributed by atoms with E-state index in [-0.39, 0.29) is 17.2 Å². The number of aromatic amines is 1. The fourth-order valence-electron chi connectivity index (χ4n) is 2.79. The normalized spacial score (nSPS) is 10.8. The second-order valence-corrected chi connectivity index (χ2v) is 6.48. The molecule has 0 fully saturated rings. The molecule has 0 atom stereocenters. The third-order valence-electron chi connectivity index (χ3n) is 4.12. The van der Waals surface area contributed by atoms with E-state index in [0.717, 1.165) is 11.3 Å². The number of H-pyrrole nitrogens is 1. The van der Waals surface area contributed by atoms with Gasteiger partial charge in [-0.05, 0) is 55.5 Å². The highest BCUT2D eigenvalue weighted by Crippen LogP contribution is 2.21. The van der Waals surface area contributed by atoms with Gasteiger partial charge in [0.05, 0.1) is 18.0 Å². The summed E-state index contributed by atoms with van der Waals surface area (Å²) in [5.41, 5.74) is 1.78. The van der Waals surface area contributed by atoms with Crippen molar-refractivity contribution in [1.29, 1.82) is 0 Å². The van der Waals surface area contributed by atoms with Gasteiger partial charge >= 0.3 is 0 Å². The quantitative estimate of drug-likeness (QED) is 0.489. The van der Waals surface area contributed by atoms with Crippen LogP contribution in [0.25, 0.3) is 17.2 Å². The fourth-order valence-corrected chi connectivity index (χ4v) is 2.79. The summed E-state index contributed by atoms with van der Waals surface area (Å²) in [6, 6.07) is 14.6. The van der Waals surface area contributed by atoms with Crippen molar-refractivity contribution < 1.29 is 9.13 Å². The summed E-state index contributed by atoms with van der Waals surface area (Å²) in [7, 11) is 0. The Bertz CT molecular complexity index is 1230. The maximum absolute atomic E-state index is 13.0. The SMILES string of the molecule is C=C(C)Oc1ccc(-c2nc3nc(CNc4ccc(F)cc4)cc(=O)n3[nH]2)cc1. The summed E-state index contributed by atoms with van der Waals surface area (Å²) >= 11 is 0. The second kappa shape index (κ2) is 7.59. The van der Waals surface area contributed by atoms with Crippen molar-refractivity contribution in [3.63, 3.8) is 0 Å². The largest absolute Gasteiger partial charge is 0.463 e. The van der Waals surface area contributed by atoms with E-state index in [2.05, 4.69) is 27.0 Å². The van der Waals surface area contributed by atoms with Crippen LogP contribution in [0.15, 0.2) is 71.7 Å². The zero-order valence-corrected chi connectivity index (χ0v) is 15.6. The molecule has 0 aliphatic rings. The molecule has 0 saturated heterocycles. The number of allylic oxidation sites excluding steroid dienone is 1. The van der Waals surface area contributed by atoms with Crippen LogP contribution in [0, 0.1) is 5.82 Å². The topological polar surface area (TPSA) is 84.3 Å². The van der Waals surface area contributed by atoms with E-state index in [1.165, 1.54) is 22.7 Å². The Kier molecular flexibility index (Phi) is 4.82. The Morgan fingerprint density at radius 3 is 2.59 bits per heavy atom. The number of hydrogen-bond acceptors (Lipinski definition) is 5. The van der Waals surface area contributed by atoms with Crippen LogP contribution in [-0.2, 0) is 6.54 Å². The van der Waals surface area contributed by atoms with E-state index in [9.17, 15) is 9.18 Å². The molecule has 2 aromatic heterocycles. The molecule has 2 N–H and O–H groups in total. The van der Waals surface area contributed by atoms with Crippen molar-refractivity contribution in [3.8, 4) is 17.1 Å². The third-order valence-corrected chi connectivity index (χ3v) is 4.12. The molecule has 0 radical (unpaired) electrons. The van der Waals surface area contributed by atoms with Crippen molar-refractivity contribution in [1.82, 2.24) is 19.6 Å². The van der Waals surface area contributed by atoms with Crippen LogP contribution in [0.4, 0.5) is 10.1 Å². The van der Waals surface area contributed by atoms with Gasteiger partial charge in [0.2, 0.25) is 0 Å². The highest BCUT2D eigenvalue weighted by Gasteiger charge is 2.10.